The van der Waals surface area contributed by atoms with Crippen molar-refractivity contribution >= 4 is 22.8 Å². The predicted molar refractivity (Wildman–Crippen MR) is 65.2 cm³/mol. The zero-order chi connectivity index (χ0) is 11.5. The molecule has 0 heterocycles. The Morgan fingerprint density at radius 3 is 2.50 bits per heavy atom. The van der Waals surface area contributed by atoms with Crippen LogP contribution in [0.1, 0.15) is 12.5 Å². The number of hydrogen-bond acceptors (Lipinski definition) is 1. The van der Waals surface area contributed by atoms with Gasteiger partial charge in [0.25, 0.3) is 0 Å². The molecule has 2 heteroatoms. The molecule has 16 heavy (non-hydrogen) atoms. The summed E-state index contributed by atoms with van der Waals surface area (Å²) in [7, 11) is 0. The molecule has 0 amide bonds. The summed E-state index contributed by atoms with van der Waals surface area (Å²) < 4.78 is 0. The van der Waals surface area contributed by atoms with Gasteiger partial charge < -0.3 is 5.11 Å². The Hall–Kier alpha value is -2.09. The van der Waals surface area contributed by atoms with Gasteiger partial charge in [-0.1, -0.05) is 36.4 Å². The lowest BCUT2D eigenvalue weighted by Crippen LogP contribution is -1.95. The summed E-state index contributed by atoms with van der Waals surface area (Å²) in [6, 6.07) is 13.9. The first-order chi connectivity index (χ1) is 7.66. The third-order valence-electron chi connectivity index (χ3n) is 2.49. The summed E-state index contributed by atoms with van der Waals surface area (Å²) in [5.74, 6) is -0.881. The highest BCUT2D eigenvalue weighted by Crippen LogP contribution is 2.17. The first-order valence-electron chi connectivity index (χ1n) is 5.07. The fourth-order valence-corrected chi connectivity index (χ4v) is 1.61. The molecule has 0 atom stereocenters. The van der Waals surface area contributed by atoms with Gasteiger partial charge >= 0.3 is 5.97 Å². The lowest BCUT2D eigenvalue weighted by Gasteiger charge is -2.00. The number of rotatable bonds is 2. The maximum Gasteiger partial charge on any atom is 0.331 e. The quantitative estimate of drug-likeness (QED) is 0.775. The van der Waals surface area contributed by atoms with Crippen molar-refractivity contribution in [3.8, 4) is 0 Å². The number of aliphatic carboxylic acids is 1. The first-order valence-corrected chi connectivity index (χ1v) is 5.07. The third-order valence-corrected chi connectivity index (χ3v) is 2.49. The van der Waals surface area contributed by atoms with Crippen LogP contribution in [0.4, 0.5) is 0 Å². The maximum atomic E-state index is 10.7. The van der Waals surface area contributed by atoms with E-state index in [1.54, 1.807) is 13.0 Å². The second-order valence-corrected chi connectivity index (χ2v) is 3.74. The first kappa shape index (κ1) is 10.4. The van der Waals surface area contributed by atoms with Crippen LogP contribution in [0.5, 0.6) is 0 Å². The Morgan fingerprint density at radius 2 is 1.81 bits per heavy atom. The van der Waals surface area contributed by atoms with Crippen LogP contribution in [0.2, 0.25) is 0 Å². The number of carboxylic acid groups (broad SMARTS) is 1. The van der Waals surface area contributed by atoms with Gasteiger partial charge in [-0.05, 0) is 35.4 Å². The van der Waals surface area contributed by atoms with E-state index < -0.39 is 5.97 Å². The van der Waals surface area contributed by atoms with Crippen molar-refractivity contribution in [1.29, 1.82) is 0 Å². The van der Waals surface area contributed by atoms with Crippen molar-refractivity contribution in [2.75, 3.05) is 0 Å². The molecule has 0 aliphatic rings. The topological polar surface area (TPSA) is 37.3 Å². The summed E-state index contributed by atoms with van der Waals surface area (Å²) in [5, 5.41) is 11.1. The summed E-state index contributed by atoms with van der Waals surface area (Å²) in [5.41, 5.74) is 1.26. The summed E-state index contributed by atoms with van der Waals surface area (Å²) in [6.45, 7) is 1.59. The molecule has 0 spiro atoms. The highest BCUT2D eigenvalue weighted by atomic mass is 16.4. The molecule has 0 aliphatic carbocycles. The molecule has 0 bridgehead atoms. The molecule has 0 saturated carbocycles. The van der Waals surface area contributed by atoms with Crippen LogP contribution in [0.25, 0.3) is 16.8 Å². The Bertz CT molecular complexity index is 568. The van der Waals surface area contributed by atoms with Crippen LogP contribution < -0.4 is 0 Å². The van der Waals surface area contributed by atoms with Gasteiger partial charge in [0.1, 0.15) is 0 Å². The van der Waals surface area contributed by atoms with Crippen molar-refractivity contribution < 1.29 is 9.90 Å². The molecule has 1 N–H and O–H groups in total. The number of carboxylic acids is 1. The second-order valence-electron chi connectivity index (χ2n) is 3.74. The molecule has 2 rings (SSSR count). The molecule has 0 saturated heterocycles. The molecule has 2 aromatic carbocycles. The van der Waals surface area contributed by atoms with Crippen LogP contribution in [0.15, 0.2) is 48.0 Å². The normalized spacial score (nSPS) is 11.7. The minimum Gasteiger partial charge on any atom is -0.478 e. The third kappa shape index (κ3) is 2.11. The highest BCUT2D eigenvalue weighted by Gasteiger charge is 2.00. The molecule has 0 aromatic heterocycles. The standard InChI is InChI=1S/C14H12O2/c1-10(14(15)16)8-11-6-7-12-4-2-3-5-13(12)9-11/h2-9H,1H3,(H,15,16). The molecule has 2 aromatic rings. The summed E-state index contributed by atoms with van der Waals surface area (Å²) >= 11 is 0. The van der Waals surface area contributed by atoms with Gasteiger partial charge in [-0.15, -0.1) is 0 Å². The van der Waals surface area contributed by atoms with Gasteiger partial charge in [0.2, 0.25) is 0 Å². The van der Waals surface area contributed by atoms with E-state index in [-0.39, 0.29) is 0 Å². The van der Waals surface area contributed by atoms with E-state index >= 15 is 0 Å². The summed E-state index contributed by atoms with van der Waals surface area (Å²) in [4.78, 5) is 10.7. The van der Waals surface area contributed by atoms with Crippen molar-refractivity contribution in [3.63, 3.8) is 0 Å². The molecular weight excluding hydrogens is 200 g/mol. The molecule has 2 nitrogen and oxygen atoms in total. The van der Waals surface area contributed by atoms with Crippen molar-refractivity contribution in [3.05, 3.63) is 53.6 Å². The summed E-state index contributed by atoms with van der Waals surface area (Å²) in [6.07, 6.45) is 1.68. The van der Waals surface area contributed by atoms with Crippen molar-refractivity contribution in [2.24, 2.45) is 0 Å². The van der Waals surface area contributed by atoms with Crippen LogP contribution in [-0.4, -0.2) is 11.1 Å². The Kier molecular flexibility index (Phi) is 2.73. The molecule has 0 radical (unpaired) electrons. The van der Waals surface area contributed by atoms with Crippen LogP contribution >= 0.6 is 0 Å². The number of hydrogen-bond donors (Lipinski definition) is 1. The van der Waals surface area contributed by atoms with Crippen molar-refractivity contribution in [1.82, 2.24) is 0 Å². The number of fused-ring (bicyclic) bond motifs is 1. The smallest absolute Gasteiger partial charge is 0.331 e. The molecule has 80 valence electrons. The Labute approximate surface area is 93.8 Å². The van der Waals surface area contributed by atoms with Gasteiger partial charge in [-0.2, -0.15) is 0 Å². The molecule has 0 aliphatic heterocycles. The van der Waals surface area contributed by atoms with E-state index in [1.807, 2.05) is 42.5 Å². The van der Waals surface area contributed by atoms with E-state index in [0.29, 0.717) is 5.57 Å². The van der Waals surface area contributed by atoms with Gasteiger partial charge in [0.15, 0.2) is 0 Å². The predicted octanol–water partition coefficient (Wildman–Crippen LogP) is 3.33. The van der Waals surface area contributed by atoms with E-state index in [0.717, 1.165) is 16.3 Å². The minimum absolute atomic E-state index is 0.343. The lowest BCUT2D eigenvalue weighted by molar-refractivity contribution is -0.132. The second kappa shape index (κ2) is 4.19. The lowest BCUT2D eigenvalue weighted by atomic mass is 10.1. The minimum atomic E-state index is -0.881. The Morgan fingerprint density at radius 1 is 1.12 bits per heavy atom. The van der Waals surface area contributed by atoms with E-state index in [4.69, 9.17) is 5.11 Å². The zero-order valence-corrected chi connectivity index (χ0v) is 8.97. The van der Waals surface area contributed by atoms with Crippen molar-refractivity contribution in [2.45, 2.75) is 6.92 Å². The van der Waals surface area contributed by atoms with Gasteiger partial charge in [-0.3, -0.25) is 0 Å². The van der Waals surface area contributed by atoms with Crippen LogP contribution in [-0.2, 0) is 4.79 Å². The van der Waals surface area contributed by atoms with E-state index in [2.05, 4.69) is 0 Å². The van der Waals surface area contributed by atoms with Crippen LogP contribution in [0.3, 0.4) is 0 Å². The monoisotopic (exact) mass is 212 g/mol. The molecular formula is C14H12O2. The fourth-order valence-electron chi connectivity index (χ4n) is 1.61. The molecule has 0 unspecified atom stereocenters. The van der Waals surface area contributed by atoms with Crippen LogP contribution in [0, 0.1) is 0 Å². The fraction of sp³-hybridized carbons (Fsp3) is 0.0714. The SMILES string of the molecule is CC(=Cc1ccc2ccccc2c1)C(=O)O. The average Bonchev–Trinajstić information content (AvgIpc) is 2.28. The maximum absolute atomic E-state index is 10.7. The van der Waals surface area contributed by atoms with E-state index in [1.165, 1.54) is 0 Å². The largest absolute Gasteiger partial charge is 0.478 e. The highest BCUT2D eigenvalue weighted by molar-refractivity contribution is 5.92. The number of carbonyl (C=O) groups is 1. The molecule has 0 fully saturated rings. The van der Waals surface area contributed by atoms with Gasteiger partial charge in [0, 0.05) is 5.57 Å². The van der Waals surface area contributed by atoms with Gasteiger partial charge in [0.05, 0.1) is 0 Å². The number of benzene rings is 2. The van der Waals surface area contributed by atoms with E-state index in [9.17, 15) is 4.79 Å². The van der Waals surface area contributed by atoms with Gasteiger partial charge in [-0.25, -0.2) is 4.79 Å². The zero-order valence-electron chi connectivity index (χ0n) is 8.97. The Balaban J connectivity index is 2.47. The average molecular weight is 212 g/mol.